The zero-order valence-corrected chi connectivity index (χ0v) is 11.9. The summed E-state index contributed by atoms with van der Waals surface area (Å²) >= 11 is 0. The fourth-order valence-corrected chi connectivity index (χ4v) is 2.19. The van der Waals surface area contributed by atoms with E-state index in [-0.39, 0.29) is 0 Å². The van der Waals surface area contributed by atoms with Gasteiger partial charge in [-0.25, -0.2) is 9.13 Å². The number of aromatic nitrogens is 2. The third kappa shape index (κ3) is 3.34. The largest absolute Gasteiger partial charge is 0.546 e. The molecule has 18 heavy (non-hydrogen) atoms. The van der Waals surface area contributed by atoms with E-state index in [4.69, 9.17) is 0 Å². The lowest BCUT2D eigenvalue weighted by Crippen LogP contribution is -2.49. The van der Waals surface area contributed by atoms with E-state index in [0.29, 0.717) is 0 Å². The van der Waals surface area contributed by atoms with E-state index in [1.807, 2.05) is 24.7 Å². The quantitative estimate of drug-likeness (QED) is 0.538. The molecule has 1 aromatic rings. The standard InChI is InChI=1S/C14H24N2O2/c1-5-6-7-8-9-13-15(4)11(2)10-16(13)12(3)14(17)18/h10,12H,5-9H2,1-4H3. The number of carbonyl (C=O) groups is 1. The summed E-state index contributed by atoms with van der Waals surface area (Å²) in [5.74, 6) is 0.0423. The van der Waals surface area contributed by atoms with Gasteiger partial charge in [-0.1, -0.05) is 26.2 Å². The van der Waals surface area contributed by atoms with Gasteiger partial charge in [0.05, 0.1) is 13.0 Å². The van der Waals surface area contributed by atoms with Gasteiger partial charge < -0.3 is 9.90 Å². The molecule has 4 heteroatoms. The normalized spacial score (nSPS) is 12.7. The van der Waals surface area contributed by atoms with E-state index < -0.39 is 12.0 Å². The maximum atomic E-state index is 11.0. The Morgan fingerprint density at radius 2 is 2.11 bits per heavy atom. The molecule has 0 aromatic carbocycles. The molecule has 0 fully saturated rings. The zero-order chi connectivity index (χ0) is 13.7. The van der Waals surface area contributed by atoms with E-state index >= 15 is 0 Å². The minimum absolute atomic E-state index is 0.605. The van der Waals surface area contributed by atoms with E-state index in [2.05, 4.69) is 11.5 Å². The summed E-state index contributed by atoms with van der Waals surface area (Å²) in [4.78, 5) is 11.0. The van der Waals surface area contributed by atoms with Crippen molar-refractivity contribution < 1.29 is 14.5 Å². The summed E-state index contributed by atoms with van der Waals surface area (Å²) in [6, 6.07) is -0.605. The number of aryl methyl sites for hydroxylation is 1. The first-order chi connectivity index (χ1) is 8.49. The van der Waals surface area contributed by atoms with E-state index in [1.54, 1.807) is 6.92 Å². The molecule has 1 aromatic heterocycles. The first kappa shape index (κ1) is 14.7. The molecular formula is C14H24N2O2. The predicted molar refractivity (Wildman–Crippen MR) is 67.9 cm³/mol. The summed E-state index contributed by atoms with van der Waals surface area (Å²) in [7, 11) is 1.99. The lowest BCUT2D eigenvalue weighted by Gasteiger charge is -2.11. The Labute approximate surface area is 109 Å². The number of unbranched alkanes of at least 4 members (excludes halogenated alkanes) is 3. The molecule has 1 atom stereocenters. The number of nitrogens with zero attached hydrogens (tertiary/aromatic N) is 2. The fraction of sp³-hybridized carbons (Fsp3) is 0.714. The Morgan fingerprint density at radius 3 is 2.67 bits per heavy atom. The summed E-state index contributed by atoms with van der Waals surface area (Å²) in [5, 5.41) is 11.0. The topological polar surface area (TPSA) is 48.9 Å². The third-order valence-corrected chi connectivity index (χ3v) is 3.55. The van der Waals surface area contributed by atoms with E-state index in [9.17, 15) is 9.90 Å². The SMILES string of the molecule is CCCCCCc1n(C)c(C)c[n+]1C(C)C(=O)[O-]. The number of rotatable bonds is 7. The molecule has 1 rings (SSSR count). The lowest BCUT2D eigenvalue weighted by atomic mass is 10.1. The predicted octanol–water partition coefficient (Wildman–Crippen LogP) is 1.05. The first-order valence-corrected chi connectivity index (χ1v) is 6.76. The van der Waals surface area contributed by atoms with Gasteiger partial charge in [-0.3, -0.25) is 0 Å². The number of hydrogen-bond donors (Lipinski definition) is 0. The first-order valence-electron chi connectivity index (χ1n) is 6.76. The number of aliphatic carboxylic acids is 1. The molecule has 0 amide bonds. The van der Waals surface area contributed by atoms with Crippen molar-refractivity contribution in [3.8, 4) is 0 Å². The molecule has 4 nitrogen and oxygen atoms in total. The number of carbonyl (C=O) groups excluding carboxylic acids is 1. The van der Waals surface area contributed by atoms with Gasteiger partial charge in [0.25, 0.3) is 5.82 Å². The molecule has 1 unspecified atom stereocenters. The van der Waals surface area contributed by atoms with Gasteiger partial charge in [0.15, 0.2) is 0 Å². The minimum Gasteiger partial charge on any atom is -0.546 e. The molecule has 0 aliphatic rings. The molecule has 0 saturated carbocycles. The van der Waals surface area contributed by atoms with Gasteiger partial charge in [0.2, 0.25) is 0 Å². The summed E-state index contributed by atoms with van der Waals surface area (Å²) in [6.45, 7) is 5.85. The Hall–Kier alpha value is -1.32. The van der Waals surface area contributed by atoms with Crippen LogP contribution in [-0.2, 0) is 18.3 Å². The average Bonchev–Trinajstić information content (AvgIpc) is 2.61. The average molecular weight is 252 g/mol. The van der Waals surface area contributed by atoms with Gasteiger partial charge in [0.1, 0.15) is 17.9 Å². The van der Waals surface area contributed by atoms with Crippen LogP contribution in [0.1, 0.15) is 57.1 Å². The van der Waals surface area contributed by atoms with Crippen LogP contribution >= 0.6 is 0 Å². The highest BCUT2D eigenvalue weighted by Crippen LogP contribution is 2.09. The minimum atomic E-state index is -1.03. The van der Waals surface area contributed by atoms with Crippen molar-refractivity contribution in [2.75, 3.05) is 0 Å². The van der Waals surface area contributed by atoms with Crippen LogP contribution in [0.25, 0.3) is 0 Å². The van der Waals surface area contributed by atoms with E-state index in [0.717, 1.165) is 24.4 Å². The second-order valence-electron chi connectivity index (χ2n) is 4.96. The number of hydrogen-bond acceptors (Lipinski definition) is 2. The summed E-state index contributed by atoms with van der Waals surface area (Å²) in [6.07, 6.45) is 7.56. The van der Waals surface area contributed by atoms with Crippen LogP contribution in [0.3, 0.4) is 0 Å². The van der Waals surface area contributed by atoms with Gasteiger partial charge in [-0.2, -0.15) is 0 Å². The maximum Gasteiger partial charge on any atom is 0.256 e. The van der Waals surface area contributed by atoms with Crippen LogP contribution in [0, 0.1) is 6.92 Å². The Morgan fingerprint density at radius 1 is 1.44 bits per heavy atom. The second-order valence-corrected chi connectivity index (χ2v) is 4.96. The second kappa shape index (κ2) is 6.57. The van der Waals surface area contributed by atoms with Gasteiger partial charge in [0, 0.05) is 13.3 Å². The number of carboxylic acids is 1. The zero-order valence-electron chi connectivity index (χ0n) is 11.9. The van der Waals surface area contributed by atoms with Crippen molar-refractivity contribution in [3.63, 3.8) is 0 Å². The van der Waals surface area contributed by atoms with Crippen molar-refractivity contribution in [3.05, 3.63) is 17.7 Å². The van der Waals surface area contributed by atoms with Crippen LogP contribution in [0.5, 0.6) is 0 Å². The highest BCUT2D eigenvalue weighted by atomic mass is 16.4. The van der Waals surface area contributed by atoms with Crippen molar-refractivity contribution in [2.24, 2.45) is 7.05 Å². The van der Waals surface area contributed by atoms with Crippen LogP contribution in [0.15, 0.2) is 6.20 Å². The Balaban J connectivity index is 2.84. The van der Waals surface area contributed by atoms with Gasteiger partial charge >= 0.3 is 0 Å². The van der Waals surface area contributed by atoms with Gasteiger partial charge in [-0.15, -0.1) is 0 Å². The number of imidazole rings is 1. The third-order valence-electron chi connectivity index (χ3n) is 3.55. The van der Waals surface area contributed by atoms with Crippen molar-refractivity contribution in [1.29, 1.82) is 0 Å². The molecule has 0 radical (unpaired) electrons. The number of carboxylic acid groups (broad SMARTS) is 1. The monoisotopic (exact) mass is 252 g/mol. The fourth-order valence-electron chi connectivity index (χ4n) is 2.19. The van der Waals surface area contributed by atoms with E-state index in [1.165, 1.54) is 19.3 Å². The Bertz CT molecular complexity index is 410. The lowest BCUT2D eigenvalue weighted by molar-refractivity contribution is -0.719. The molecule has 0 saturated heterocycles. The molecular weight excluding hydrogens is 228 g/mol. The highest BCUT2D eigenvalue weighted by molar-refractivity contribution is 5.66. The van der Waals surface area contributed by atoms with Gasteiger partial charge in [-0.05, 0) is 13.3 Å². The van der Waals surface area contributed by atoms with Crippen molar-refractivity contribution >= 4 is 5.97 Å². The summed E-state index contributed by atoms with van der Waals surface area (Å²) in [5.41, 5.74) is 1.08. The smallest absolute Gasteiger partial charge is 0.256 e. The van der Waals surface area contributed by atoms with Crippen molar-refractivity contribution in [2.45, 2.75) is 58.9 Å². The molecule has 0 spiro atoms. The highest BCUT2D eigenvalue weighted by Gasteiger charge is 2.22. The molecule has 1 heterocycles. The van der Waals surface area contributed by atoms with Crippen molar-refractivity contribution in [1.82, 2.24) is 4.57 Å². The van der Waals surface area contributed by atoms with Crippen LogP contribution in [0.4, 0.5) is 0 Å². The van der Waals surface area contributed by atoms with Crippen LogP contribution in [0.2, 0.25) is 0 Å². The molecule has 0 aliphatic heterocycles. The Kier molecular flexibility index (Phi) is 5.38. The maximum absolute atomic E-state index is 11.0. The molecule has 0 aliphatic carbocycles. The van der Waals surface area contributed by atoms with Crippen LogP contribution < -0.4 is 9.67 Å². The molecule has 0 N–H and O–H groups in total. The molecule has 102 valence electrons. The molecule has 0 bridgehead atoms. The summed E-state index contributed by atoms with van der Waals surface area (Å²) < 4.78 is 3.90. The van der Waals surface area contributed by atoms with Crippen LogP contribution in [-0.4, -0.2) is 10.5 Å².